The van der Waals surface area contributed by atoms with E-state index in [1.165, 1.54) is 24.6 Å². The van der Waals surface area contributed by atoms with Crippen LogP contribution in [0.15, 0.2) is 34.4 Å². The topological polar surface area (TPSA) is 126 Å². The number of aromatic nitrogens is 3. The van der Waals surface area contributed by atoms with Gasteiger partial charge in [0.1, 0.15) is 11.9 Å². The lowest BCUT2D eigenvalue weighted by atomic mass is 9.84. The van der Waals surface area contributed by atoms with Crippen molar-refractivity contribution in [3.05, 3.63) is 62.9 Å². The molecule has 9 nitrogen and oxygen atoms in total. The summed E-state index contributed by atoms with van der Waals surface area (Å²) in [7, 11) is 1.24. The molecule has 186 valence electrons. The number of imidazole rings is 1. The zero-order chi connectivity index (χ0) is 24.9. The predicted octanol–water partition coefficient (Wildman–Crippen LogP) is 4.01. The number of nitrogens with zero attached hydrogens (tertiary/aromatic N) is 2. The Bertz CT molecular complexity index is 1240. The molecule has 1 saturated carbocycles. The molecule has 0 saturated heterocycles. The number of esters is 1. The molecule has 4 rings (SSSR count). The highest BCUT2D eigenvalue weighted by Crippen LogP contribution is 2.33. The number of aromatic amines is 1. The van der Waals surface area contributed by atoms with E-state index in [1.54, 1.807) is 12.1 Å². The standard InChI is InChI=1S/C24H27FN4O5S/c1-34-22(32)18-13-35-23(26-18)28-20(30)19(12-14-5-3-2-4-6-14)29-21(31)17(27-24(29)33)11-15-7-9-16(25)10-8-15/h7-10,13-14,19,31H,2-6,11-12H2,1H3,(H,27,33)(H,26,28,30)/t19-/m0/s1. The predicted molar refractivity (Wildman–Crippen MR) is 128 cm³/mol. The highest BCUT2D eigenvalue weighted by atomic mass is 32.1. The van der Waals surface area contributed by atoms with Crippen LogP contribution in [0.1, 0.15) is 66.3 Å². The molecule has 1 aliphatic rings. The number of carbonyl (C=O) groups excluding carboxylic acids is 2. The minimum Gasteiger partial charge on any atom is -0.493 e. The van der Waals surface area contributed by atoms with Crippen LogP contribution in [0.3, 0.4) is 0 Å². The zero-order valence-electron chi connectivity index (χ0n) is 19.3. The number of amides is 1. The third-order valence-corrected chi connectivity index (χ3v) is 7.05. The molecule has 1 atom stereocenters. The molecule has 35 heavy (non-hydrogen) atoms. The van der Waals surface area contributed by atoms with Crippen molar-refractivity contribution in [3.8, 4) is 5.88 Å². The van der Waals surface area contributed by atoms with Crippen molar-refractivity contribution in [1.82, 2.24) is 14.5 Å². The van der Waals surface area contributed by atoms with Gasteiger partial charge in [-0.1, -0.05) is 44.2 Å². The lowest BCUT2D eigenvalue weighted by molar-refractivity contribution is -0.120. The normalized spacial score (nSPS) is 15.0. The van der Waals surface area contributed by atoms with Gasteiger partial charge in [-0.2, -0.15) is 0 Å². The second-order valence-electron chi connectivity index (χ2n) is 8.68. The number of anilines is 1. The number of benzene rings is 1. The van der Waals surface area contributed by atoms with E-state index in [0.717, 1.165) is 48.0 Å². The van der Waals surface area contributed by atoms with E-state index in [1.807, 2.05) is 0 Å². The Morgan fingerprint density at radius 2 is 2.00 bits per heavy atom. The number of hydrogen-bond donors (Lipinski definition) is 3. The fraction of sp³-hybridized carbons (Fsp3) is 0.417. The summed E-state index contributed by atoms with van der Waals surface area (Å²) in [6, 6.07) is 4.76. The van der Waals surface area contributed by atoms with Gasteiger partial charge in [0.25, 0.3) is 0 Å². The van der Waals surface area contributed by atoms with Crippen molar-refractivity contribution in [3.63, 3.8) is 0 Å². The fourth-order valence-electron chi connectivity index (χ4n) is 4.49. The van der Waals surface area contributed by atoms with Crippen molar-refractivity contribution >= 4 is 28.3 Å². The van der Waals surface area contributed by atoms with Crippen LogP contribution in [0, 0.1) is 11.7 Å². The largest absolute Gasteiger partial charge is 0.493 e. The van der Waals surface area contributed by atoms with E-state index in [-0.39, 0.29) is 40.6 Å². The molecule has 1 fully saturated rings. The van der Waals surface area contributed by atoms with Crippen molar-refractivity contribution in [1.29, 1.82) is 0 Å². The maximum atomic E-state index is 13.4. The molecule has 11 heteroatoms. The van der Waals surface area contributed by atoms with Gasteiger partial charge >= 0.3 is 11.7 Å². The van der Waals surface area contributed by atoms with E-state index < -0.39 is 23.6 Å². The van der Waals surface area contributed by atoms with E-state index in [9.17, 15) is 23.9 Å². The van der Waals surface area contributed by atoms with Crippen molar-refractivity contribution < 1.29 is 23.8 Å². The third kappa shape index (κ3) is 5.79. The smallest absolute Gasteiger partial charge is 0.357 e. The lowest BCUT2D eigenvalue weighted by Gasteiger charge is -2.26. The lowest BCUT2D eigenvalue weighted by Crippen LogP contribution is -2.33. The van der Waals surface area contributed by atoms with Gasteiger partial charge in [-0.3, -0.25) is 9.36 Å². The van der Waals surface area contributed by atoms with Gasteiger partial charge in [-0.15, -0.1) is 11.3 Å². The third-order valence-electron chi connectivity index (χ3n) is 6.29. The summed E-state index contributed by atoms with van der Waals surface area (Å²) < 4.78 is 19.0. The van der Waals surface area contributed by atoms with Gasteiger partial charge in [0.05, 0.1) is 12.8 Å². The summed E-state index contributed by atoms with van der Waals surface area (Å²) in [5, 5.41) is 15.3. The molecule has 0 spiro atoms. The average molecular weight is 503 g/mol. The van der Waals surface area contributed by atoms with Gasteiger partial charge in [-0.25, -0.2) is 19.0 Å². The summed E-state index contributed by atoms with van der Waals surface area (Å²) in [6.07, 6.45) is 5.67. The number of methoxy groups -OCH3 is 1. The summed E-state index contributed by atoms with van der Waals surface area (Å²) in [5.74, 6) is -1.62. The summed E-state index contributed by atoms with van der Waals surface area (Å²) in [4.78, 5) is 44.7. The number of halogens is 1. The molecule has 3 N–H and O–H groups in total. The van der Waals surface area contributed by atoms with Gasteiger partial charge < -0.3 is 20.1 Å². The van der Waals surface area contributed by atoms with Crippen molar-refractivity contribution in [2.75, 3.05) is 12.4 Å². The van der Waals surface area contributed by atoms with Crippen LogP contribution in [0.5, 0.6) is 5.88 Å². The van der Waals surface area contributed by atoms with E-state index in [0.29, 0.717) is 12.0 Å². The maximum absolute atomic E-state index is 13.4. The highest BCUT2D eigenvalue weighted by molar-refractivity contribution is 7.14. The Hall–Kier alpha value is -3.47. The van der Waals surface area contributed by atoms with Crippen LogP contribution in [0.2, 0.25) is 0 Å². The Morgan fingerprint density at radius 3 is 2.69 bits per heavy atom. The molecule has 0 aliphatic heterocycles. The second kappa shape index (κ2) is 10.9. The van der Waals surface area contributed by atoms with E-state index in [2.05, 4.69) is 20.0 Å². The highest BCUT2D eigenvalue weighted by Gasteiger charge is 2.31. The van der Waals surface area contributed by atoms with Crippen LogP contribution in [-0.4, -0.2) is 38.6 Å². The number of ether oxygens (including phenoxy) is 1. The van der Waals surface area contributed by atoms with Crippen LogP contribution >= 0.6 is 11.3 Å². The number of H-pyrrole nitrogens is 1. The van der Waals surface area contributed by atoms with Crippen molar-refractivity contribution in [2.45, 2.75) is 51.0 Å². The minimum absolute atomic E-state index is 0.0693. The number of aromatic hydroxyl groups is 1. The van der Waals surface area contributed by atoms with Gasteiger partial charge in [-0.05, 0) is 30.0 Å². The maximum Gasteiger partial charge on any atom is 0.357 e. The first-order chi connectivity index (χ1) is 16.9. The zero-order valence-corrected chi connectivity index (χ0v) is 20.1. The summed E-state index contributed by atoms with van der Waals surface area (Å²) in [6.45, 7) is 0. The minimum atomic E-state index is -0.978. The summed E-state index contributed by atoms with van der Waals surface area (Å²) >= 11 is 1.06. The first-order valence-electron chi connectivity index (χ1n) is 11.5. The molecule has 1 amide bonds. The molecule has 0 bridgehead atoms. The van der Waals surface area contributed by atoms with Crippen LogP contribution in [0.25, 0.3) is 0 Å². The van der Waals surface area contributed by atoms with E-state index in [4.69, 9.17) is 0 Å². The molecular formula is C24H27FN4O5S. The average Bonchev–Trinajstić information content (AvgIpc) is 3.43. The monoisotopic (exact) mass is 502 g/mol. The SMILES string of the molecule is COC(=O)c1csc(NC(=O)[C@H](CC2CCCCC2)n2c(O)c(Cc3ccc(F)cc3)[nH]c2=O)n1. The first-order valence-corrected chi connectivity index (χ1v) is 12.3. The number of rotatable bonds is 8. The Balaban J connectivity index is 1.61. The molecule has 0 unspecified atom stereocenters. The van der Waals surface area contributed by atoms with Crippen LogP contribution < -0.4 is 11.0 Å². The Morgan fingerprint density at radius 1 is 1.29 bits per heavy atom. The molecule has 0 radical (unpaired) electrons. The van der Waals surface area contributed by atoms with Gasteiger partial charge in [0.2, 0.25) is 11.8 Å². The Kier molecular flexibility index (Phi) is 7.64. The van der Waals surface area contributed by atoms with Crippen LogP contribution in [-0.2, 0) is 16.0 Å². The number of hydrogen-bond acceptors (Lipinski definition) is 7. The second-order valence-corrected chi connectivity index (χ2v) is 9.54. The van der Waals surface area contributed by atoms with Gasteiger partial charge in [0, 0.05) is 11.8 Å². The molecule has 2 aromatic heterocycles. The fourth-order valence-corrected chi connectivity index (χ4v) is 5.17. The molecule has 1 aromatic carbocycles. The molecule has 2 heterocycles. The number of thiazole rings is 1. The number of carbonyl (C=O) groups is 2. The van der Waals surface area contributed by atoms with Crippen molar-refractivity contribution in [2.24, 2.45) is 5.92 Å². The molecular weight excluding hydrogens is 475 g/mol. The van der Waals surface area contributed by atoms with E-state index >= 15 is 0 Å². The van der Waals surface area contributed by atoms with Gasteiger partial charge in [0.15, 0.2) is 10.8 Å². The first kappa shape index (κ1) is 24.6. The molecule has 1 aliphatic carbocycles. The van der Waals surface area contributed by atoms with Crippen LogP contribution in [0.4, 0.5) is 9.52 Å². The number of nitrogens with one attached hydrogen (secondary N) is 2. The Labute approximate surface area is 205 Å². The summed E-state index contributed by atoms with van der Waals surface area (Å²) in [5.41, 5.74) is 0.400. The molecule has 3 aromatic rings. The quantitative estimate of drug-likeness (QED) is 0.400.